The highest BCUT2D eigenvalue weighted by Gasteiger charge is 2.23. The van der Waals surface area contributed by atoms with Crippen LogP contribution in [-0.4, -0.2) is 17.5 Å². The van der Waals surface area contributed by atoms with Crippen LogP contribution < -0.4 is 4.90 Å². The van der Waals surface area contributed by atoms with E-state index < -0.39 is 0 Å². The fourth-order valence-corrected chi connectivity index (χ4v) is 2.96. The molecule has 0 spiro atoms. The first-order valence-electron chi connectivity index (χ1n) is 5.89. The van der Waals surface area contributed by atoms with Crippen molar-refractivity contribution in [2.24, 2.45) is 0 Å². The zero-order valence-electron chi connectivity index (χ0n) is 10.1. The van der Waals surface area contributed by atoms with Crippen LogP contribution in [0, 0.1) is 12.3 Å². The van der Waals surface area contributed by atoms with Gasteiger partial charge in [0.2, 0.25) is 0 Å². The molecule has 2 aromatic rings. The fourth-order valence-electron chi connectivity index (χ4n) is 2.15. The van der Waals surface area contributed by atoms with Gasteiger partial charge in [0, 0.05) is 17.9 Å². The summed E-state index contributed by atoms with van der Waals surface area (Å²) in [5.41, 5.74) is 3.32. The minimum atomic E-state index is 0.619. The van der Waals surface area contributed by atoms with Crippen molar-refractivity contribution >= 4 is 22.6 Å². The Bertz CT molecular complexity index is 577. The van der Waals surface area contributed by atoms with E-state index in [0.29, 0.717) is 5.17 Å². The lowest BCUT2D eigenvalue weighted by Crippen LogP contribution is -2.23. The van der Waals surface area contributed by atoms with Gasteiger partial charge in [0.15, 0.2) is 5.17 Å². The molecule has 1 fully saturated rings. The largest absolute Gasteiger partial charge is 0.464 e. The summed E-state index contributed by atoms with van der Waals surface area (Å²) in [6, 6.07) is 10.1. The van der Waals surface area contributed by atoms with Crippen LogP contribution in [0.1, 0.15) is 5.56 Å². The Morgan fingerprint density at radius 3 is 2.89 bits per heavy atom. The van der Waals surface area contributed by atoms with Gasteiger partial charge in [0.1, 0.15) is 5.76 Å². The number of furan rings is 1. The predicted molar refractivity (Wildman–Crippen MR) is 76.4 cm³/mol. The molecule has 92 valence electrons. The first-order chi connectivity index (χ1) is 8.75. The number of thioether (sulfide) groups is 1. The maximum atomic E-state index is 7.99. The van der Waals surface area contributed by atoms with E-state index in [2.05, 4.69) is 30.0 Å². The van der Waals surface area contributed by atoms with E-state index in [1.54, 1.807) is 18.0 Å². The van der Waals surface area contributed by atoms with Crippen LogP contribution in [0.5, 0.6) is 0 Å². The molecule has 3 nitrogen and oxygen atoms in total. The number of anilines is 1. The normalized spacial score (nSPS) is 15.4. The van der Waals surface area contributed by atoms with Gasteiger partial charge in [-0.3, -0.25) is 5.41 Å². The minimum absolute atomic E-state index is 0.619. The summed E-state index contributed by atoms with van der Waals surface area (Å²) >= 11 is 1.59. The Labute approximate surface area is 110 Å². The van der Waals surface area contributed by atoms with E-state index >= 15 is 0 Å². The Hall–Kier alpha value is -1.68. The highest BCUT2D eigenvalue weighted by molar-refractivity contribution is 8.14. The molecule has 0 atom stereocenters. The van der Waals surface area contributed by atoms with Crippen molar-refractivity contribution in [2.75, 3.05) is 17.2 Å². The summed E-state index contributed by atoms with van der Waals surface area (Å²) in [6.45, 7) is 2.96. The average molecular weight is 258 g/mol. The van der Waals surface area contributed by atoms with Crippen molar-refractivity contribution in [3.8, 4) is 11.3 Å². The van der Waals surface area contributed by atoms with Crippen molar-refractivity contribution in [3.05, 3.63) is 42.2 Å². The molecule has 2 heterocycles. The molecule has 1 N–H and O–H groups in total. The molecule has 1 aromatic heterocycles. The SMILES string of the molecule is Cc1ccc(-c2ccco2)c(N2CCSC2=N)c1. The third kappa shape index (κ3) is 1.93. The molecule has 4 heteroatoms. The molecule has 1 aliphatic rings. The standard InChI is InChI=1S/C14H14N2OS/c1-10-4-5-11(13-3-2-7-17-13)12(9-10)16-6-8-18-14(16)15/h2-5,7,9,15H,6,8H2,1H3. The number of nitrogens with one attached hydrogen (secondary N) is 1. The number of nitrogens with zero attached hydrogens (tertiary/aromatic N) is 1. The Morgan fingerprint density at radius 2 is 2.22 bits per heavy atom. The van der Waals surface area contributed by atoms with Crippen molar-refractivity contribution in [3.63, 3.8) is 0 Å². The molecule has 1 aromatic carbocycles. The van der Waals surface area contributed by atoms with Crippen molar-refractivity contribution in [1.82, 2.24) is 0 Å². The maximum absolute atomic E-state index is 7.99. The third-order valence-corrected chi connectivity index (χ3v) is 3.91. The summed E-state index contributed by atoms with van der Waals surface area (Å²) in [5.74, 6) is 1.83. The van der Waals surface area contributed by atoms with Crippen LogP contribution in [0.15, 0.2) is 41.0 Å². The number of hydrogen-bond acceptors (Lipinski definition) is 3. The van der Waals surface area contributed by atoms with Gasteiger partial charge in [0.05, 0.1) is 12.0 Å². The minimum Gasteiger partial charge on any atom is -0.464 e. The van der Waals surface area contributed by atoms with Gasteiger partial charge in [-0.25, -0.2) is 0 Å². The van der Waals surface area contributed by atoms with Crippen LogP contribution in [0.25, 0.3) is 11.3 Å². The summed E-state index contributed by atoms with van der Waals surface area (Å²) < 4.78 is 5.49. The lowest BCUT2D eigenvalue weighted by Gasteiger charge is -2.20. The van der Waals surface area contributed by atoms with Gasteiger partial charge < -0.3 is 9.32 Å². The van der Waals surface area contributed by atoms with Crippen LogP contribution in [0.2, 0.25) is 0 Å². The molecule has 0 radical (unpaired) electrons. The Morgan fingerprint density at radius 1 is 1.33 bits per heavy atom. The van der Waals surface area contributed by atoms with Gasteiger partial charge in [-0.2, -0.15) is 0 Å². The first-order valence-corrected chi connectivity index (χ1v) is 6.88. The van der Waals surface area contributed by atoms with E-state index in [9.17, 15) is 0 Å². The second-order valence-electron chi connectivity index (χ2n) is 4.30. The molecule has 0 saturated carbocycles. The lowest BCUT2D eigenvalue weighted by atomic mass is 10.1. The van der Waals surface area contributed by atoms with Gasteiger partial charge >= 0.3 is 0 Å². The molecular formula is C14H14N2OS. The molecule has 1 aliphatic heterocycles. The molecule has 1 saturated heterocycles. The number of benzene rings is 1. The quantitative estimate of drug-likeness (QED) is 0.892. The van der Waals surface area contributed by atoms with Gasteiger partial charge in [-0.1, -0.05) is 17.8 Å². The smallest absolute Gasteiger partial charge is 0.160 e. The predicted octanol–water partition coefficient (Wildman–Crippen LogP) is 3.74. The van der Waals surface area contributed by atoms with Crippen molar-refractivity contribution < 1.29 is 4.42 Å². The van der Waals surface area contributed by atoms with Gasteiger partial charge in [0.25, 0.3) is 0 Å². The molecular weight excluding hydrogens is 244 g/mol. The van der Waals surface area contributed by atoms with Crippen molar-refractivity contribution in [2.45, 2.75) is 6.92 Å². The molecule has 0 aliphatic carbocycles. The highest BCUT2D eigenvalue weighted by atomic mass is 32.2. The second-order valence-corrected chi connectivity index (χ2v) is 5.39. The summed E-state index contributed by atoms with van der Waals surface area (Å²) in [5, 5.41) is 8.61. The topological polar surface area (TPSA) is 40.2 Å². The van der Waals surface area contributed by atoms with E-state index in [1.807, 2.05) is 12.1 Å². The Kier molecular flexibility index (Phi) is 2.88. The van der Waals surface area contributed by atoms with E-state index in [0.717, 1.165) is 29.3 Å². The van der Waals surface area contributed by atoms with E-state index in [-0.39, 0.29) is 0 Å². The summed E-state index contributed by atoms with van der Waals surface area (Å²) in [7, 11) is 0. The van der Waals surface area contributed by atoms with E-state index in [1.165, 1.54) is 5.56 Å². The molecule has 3 rings (SSSR count). The van der Waals surface area contributed by atoms with Gasteiger partial charge in [-0.15, -0.1) is 0 Å². The average Bonchev–Trinajstić information content (AvgIpc) is 2.99. The van der Waals surface area contributed by atoms with Crippen molar-refractivity contribution in [1.29, 1.82) is 5.41 Å². The number of aryl methyl sites for hydroxylation is 1. The van der Waals surface area contributed by atoms with Crippen LogP contribution in [-0.2, 0) is 0 Å². The molecule has 0 bridgehead atoms. The fraction of sp³-hybridized carbons (Fsp3) is 0.214. The zero-order valence-corrected chi connectivity index (χ0v) is 11.0. The zero-order chi connectivity index (χ0) is 12.5. The summed E-state index contributed by atoms with van der Waals surface area (Å²) in [4.78, 5) is 2.05. The Balaban J connectivity index is 2.12. The monoisotopic (exact) mass is 258 g/mol. The van der Waals surface area contributed by atoms with Crippen LogP contribution >= 0.6 is 11.8 Å². The number of rotatable bonds is 2. The third-order valence-electron chi connectivity index (χ3n) is 3.03. The molecule has 0 amide bonds. The highest BCUT2D eigenvalue weighted by Crippen LogP contribution is 2.35. The lowest BCUT2D eigenvalue weighted by molar-refractivity contribution is 0.582. The first kappa shape index (κ1) is 11.4. The van der Waals surface area contributed by atoms with E-state index in [4.69, 9.17) is 9.83 Å². The van der Waals surface area contributed by atoms with Crippen LogP contribution in [0.3, 0.4) is 0 Å². The van der Waals surface area contributed by atoms with Crippen LogP contribution in [0.4, 0.5) is 5.69 Å². The number of hydrogen-bond donors (Lipinski definition) is 1. The van der Waals surface area contributed by atoms with Gasteiger partial charge in [-0.05, 0) is 36.8 Å². The maximum Gasteiger partial charge on any atom is 0.160 e. The molecule has 0 unspecified atom stereocenters. The molecule has 18 heavy (non-hydrogen) atoms. The second kappa shape index (κ2) is 4.53. The number of amidine groups is 1. The summed E-state index contributed by atoms with van der Waals surface area (Å²) in [6.07, 6.45) is 1.68.